The van der Waals surface area contributed by atoms with Crippen LogP contribution in [0.25, 0.3) is 0 Å². The number of guanidine groups is 1. The van der Waals surface area contributed by atoms with Gasteiger partial charge < -0.3 is 20.1 Å². The number of ether oxygens (including phenoxy) is 1. The van der Waals surface area contributed by atoms with Crippen molar-refractivity contribution in [2.24, 2.45) is 4.99 Å². The lowest BCUT2D eigenvalue weighted by atomic mass is 10.2. The molecule has 1 heterocycles. The third-order valence-corrected chi connectivity index (χ3v) is 4.18. The molecule has 1 atom stereocenters. The van der Waals surface area contributed by atoms with Crippen molar-refractivity contribution in [3.05, 3.63) is 59.9 Å². The molecule has 1 saturated heterocycles. The molecule has 0 spiro atoms. The third kappa shape index (κ3) is 6.35. The largest absolute Gasteiger partial charge is 0.457 e. The standard InChI is InChI=1S/C20H24FN3O2.HI/c1-2-22-20(24-12-11-17(25)14-24)23-13-15-3-7-18(8-4-15)26-19-9-5-16(21)6-10-19;/h3-10,17,25H,2,11-14H2,1H3,(H,22,23);1H/t17-;/m1./s1. The molecular formula is C20H25FIN3O2. The summed E-state index contributed by atoms with van der Waals surface area (Å²) in [6.45, 7) is 4.80. The first-order valence-corrected chi connectivity index (χ1v) is 8.87. The Bertz CT molecular complexity index is 738. The van der Waals surface area contributed by atoms with E-state index in [-0.39, 0.29) is 35.9 Å². The SMILES string of the molecule is CCNC(=NCc1ccc(Oc2ccc(F)cc2)cc1)N1CC[C@@H](O)C1.I. The van der Waals surface area contributed by atoms with Crippen LogP contribution < -0.4 is 10.1 Å². The molecule has 0 saturated carbocycles. The van der Waals surface area contributed by atoms with Gasteiger partial charge in [-0.1, -0.05) is 12.1 Å². The van der Waals surface area contributed by atoms with Gasteiger partial charge in [0.2, 0.25) is 0 Å². The van der Waals surface area contributed by atoms with E-state index in [1.807, 2.05) is 31.2 Å². The average Bonchev–Trinajstić information content (AvgIpc) is 3.08. The lowest BCUT2D eigenvalue weighted by molar-refractivity contribution is 0.188. The Morgan fingerprint density at radius 2 is 1.81 bits per heavy atom. The zero-order valence-electron chi connectivity index (χ0n) is 15.3. The lowest BCUT2D eigenvalue weighted by Gasteiger charge is -2.20. The molecule has 146 valence electrons. The normalized spacial score (nSPS) is 16.8. The first-order valence-electron chi connectivity index (χ1n) is 8.87. The van der Waals surface area contributed by atoms with Crippen molar-refractivity contribution in [2.75, 3.05) is 19.6 Å². The van der Waals surface area contributed by atoms with Gasteiger partial charge in [0, 0.05) is 19.6 Å². The molecule has 3 rings (SSSR count). The highest BCUT2D eigenvalue weighted by atomic mass is 127. The Morgan fingerprint density at radius 3 is 2.37 bits per heavy atom. The summed E-state index contributed by atoms with van der Waals surface area (Å²) < 4.78 is 18.6. The summed E-state index contributed by atoms with van der Waals surface area (Å²) in [6, 6.07) is 13.6. The van der Waals surface area contributed by atoms with Crippen molar-refractivity contribution in [2.45, 2.75) is 26.0 Å². The molecular weight excluding hydrogens is 460 g/mol. The predicted octanol–water partition coefficient (Wildman–Crippen LogP) is 3.77. The van der Waals surface area contributed by atoms with E-state index < -0.39 is 0 Å². The maximum absolute atomic E-state index is 12.9. The Morgan fingerprint density at radius 1 is 1.19 bits per heavy atom. The van der Waals surface area contributed by atoms with Crippen LogP contribution in [-0.4, -0.2) is 41.7 Å². The summed E-state index contributed by atoms with van der Waals surface area (Å²) >= 11 is 0. The minimum Gasteiger partial charge on any atom is -0.457 e. The van der Waals surface area contributed by atoms with E-state index >= 15 is 0 Å². The summed E-state index contributed by atoms with van der Waals surface area (Å²) in [5, 5.41) is 13.0. The van der Waals surface area contributed by atoms with Crippen LogP contribution >= 0.6 is 24.0 Å². The van der Waals surface area contributed by atoms with Gasteiger partial charge in [-0.25, -0.2) is 9.38 Å². The van der Waals surface area contributed by atoms with Crippen LogP contribution in [0.2, 0.25) is 0 Å². The summed E-state index contributed by atoms with van der Waals surface area (Å²) in [5.41, 5.74) is 1.06. The zero-order valence-corrected chi connectivity index (χ0v) is 17.6. The number of rotatable bonds is 5. The van der Waals surface area contributed by atoms with Gasteiger partial charge in [-0.05, 0) is 55.3 Å². The fraction of sp³-hybridized carbons (Fsp3) is 0.350. The summed E-state index contributed by atoms with van der Waals surface area (Å²) in [5.74, 6) is 1.83. The molecule has 0 aliphatic carbocycles. The highest BCUT2D eigenvalue weighted by molar-refractivity contribution is 14.0. The average molecular weight is 485 g/mol. The van der Waals surface area contributed by atoms with Crippen molar-refractivity contribution in [3.8, 4) is 11.5 Å². The molecule has 1 fully saturated rings. The van der Waals surface area contributed by atoms with Gasteiger partial charge in [0.15, 0.2) is 5.96 Å². The minimum atomic E-state index is -0.285. The number of nitrogens with zero attached hydrogens (tertiary/aromatic N) is 2. The molecule has 7 heteroatoms. The lowest BCUT2D eigenvalue weighted by Crippen LogP contribution is -2.40. The maximum Gasteiger partial charge on any atom is 0.194 e. The number of likely N-dealkylation sites (tertiary alicyclic amines) is 1. The number of halogens is 2. The van der Waals surface area contributed by atoms with E-state index in [0.717, 1.165) is 31.0 Å². The monoisotopic (exact) mass is 485 g/mol. The third-order valence-electron chi connectivity index (χ3n) is 4.18. The van der Waals surface area contributed by atoms with E-state index in [4.69, 9.17) is 4.74 Å². The molecule has 27 heavy (non-hydrogen) atoms. The summed E-state index contributed by atoms with van der Waals surface area (Å²) in [7, 11) is 0. The predicted molar refractivity (Wildman–Crippen MR) is 115 cm³/mol. The van der Waals surface area contributed by atoms with Crippen LogP contribution in [0, 0.1) is 5.82 Å². The first-order chi connectivity index (χ1) is 12.6. The van der Waals surface area contributed by atoms with E-state index in [1.54, 1.807) is 12.1 Å². The highest BCUT2D eigenvalue weighted by Crippen LogP contribution is 2.22. The van der Waals surface area contributed by atoms with E-state index in [0.29, 0.717) is 24.6 Å². The minimum absolute atomic E-state index is 0. The molecule has 0 radical (unpaired) electrons. The number of nitrogens with one attached hydrogen (secondary N) is 1. The molecule has 2 aromatic carbocycles. The second-order valence-electron chi connectivity index (χ2n) is 6.26. The van der Waals surface area contributed by atoms with Crippen LogP contribution in [0.4, 0.5) is 4.39 Å². The van der Waals surface area contributed by atoms with Crippen LogP contribution in [0.3, 0.4) is 0 Å². The molecule has 0 amide bonds. The van der Waals surface area contributed by atoms with Crippen molar-refractivity contribution in [1.82, 2.24) is 10.2 Å². The van der Waals surface area contributed by atoms with Gasteiger partial charge in [-0.2, -0.15) is 0 Å². The number of hydrogen-bond donors (Lipinski definition) is 2. The molecule has 5 nitrogen and oxygen atoms in total. The number of aliphatic hydroxyl groups excluding tert-OH is 1. The Labute approximate surface area is 176 Å². The van der Waals surface area contributed by atoms with Gasteiger partial charge in [-0.3, -0.25) is 0 Å². The van der Waals surface area contributed by atoms with E-state index in [2.05, 4.69) is 15.2 Å². The fourth-order valence-corrected chi connectivity index (χ4v) is 2.83. The van der Waals surface area contributed by atoms with Crippen molar-refractivity contribution < 1.29 is 14.2 Å². The Kier molecular flexibility index (Phi) is 8.30. The molecule has 0 aromatic heterocycles. The maximum atomic E-state index is 12.9. The Balaban J connectivity index is 0.00000261. The van der Waals surface area contributed by atoms with Crippen LogP contribution in [0.1, 0.15) is 18.9 Å². The van der Waals surface area contributed by atoms with Gasteiger partial charge in [0.25, 0.3) is 0 Å². The number of hydrogen-bond acceptors (Lipinski definition) is 3. The van der Waals surface area contributed by atoms with Crippen LogP contribution in [0.15, 0.2) is 53.5 Å². The molecule has 0 unspecified atom stereocenters. The molecule has 2 N–H and O–H groups in total. The van der Waals surface area contributed by atoms with Gasteiger partial charge in [-0.15, -0.1) is 24.0 Å². The fourth-order valence-electron chi connectivity index (χ4n) is 2.83. The van der Waals surface area contributed by atoms with Gasteiger partial charge in [0.1, 0.15) is 17.3 Å². The van der Waals surface area contributed by atoms with Crippen LogP contribution in [-0.2, 0) is 6.54 Å². The quantitative estimate of drug-likeness (QED) is 0.385. The van der Waals surface area contributed by atoms with Gasteiger partial charge >= 0.3 is 0 Å². The molecule has 0 bridgehead atoms. The second-order valence-corrected chi connectivity index (χ2v) is 6.26. The second kappa shape index (κ2) is 10.5. The number of aliphatic hydroxyl groups is 1. The molecule has 2 aromatic rings. The van der Waals surface area contributed by atoms with Crippen molar-refractivity contribution in [1.29, 1.82) is 0 Å². The number of aliphatic imine (C=N–C) groups is 1. The topological polar surface area (TPSA) is 57.1 Å². The van der Waals surface area contributed by atoms with Crippen molar-refractivity contribution in [3.63, 3.8) is 0 Å². The van der Waals surface area contributed by atoms with Crippen molar-refractivity contribution >= 4 is 29.9 Å². The molecule has 1 aliphatic heterocycles. The summed E-state index contributed by atoms with van der Waals surface area (Å²) in [6.07, 6.45) is 0.501. The van der Waals surface area contributed by atoms with E-state index in [9.17, 15) is 9.50 Å². The van der Waals surface area contributed by atoms with Gasteiger partial charge in [0.05, 0.1) is 12.6 Å². The van der Waals surface area contributed by atoms with Crippen LogP contribution in [0.5, 0.6) is 11.5 Å². The smallest absolute Gasteiger partial charge is 0.194 e. The summed E-state index contributed by atoms with van der Waals surface area (Å²) in [4.78, 5) is 6.74. The number of benzene rings is 2. The van der Waals surface area contributed by atoms with E-state index in [1.165, 1.54) is 12.1 Å². The Hall–Kier alpha value is -1.87. The first kappa shape index (κ1) is 21.4. The molecule has 1 aliphatic rings. The zero-order chi connectivity index (χ0) is 18.4. The number of β-amino-alcohol motifs (C(OH)–C–C–N with tert-alkyl or cyclic N) is 1. The highest BCUT2D eigenvalue weighted by Gasteiger charge is 2.22.